The van der Waals surface area contributed by atoms with Crippen LogP contribution in [0, 0.1) is 13.8 Å². The van der Waals surface area contributed by atoms with Crippen molar-refractivity contribution in [2.24, 2.45) is 0 Å². The summed E-state index contributed by atoms with van der Waals surface area (Å²) >= 11 is 1.37. The number of aromatic nitrogens is 1. The second kappa shape index (κ2) is 7.91. The van der Waals surface area contributed by atoms with Crippen LogP contribution in [0.15, 0.2) is 57.1 Å². The zero-order valence-electron chi connectivity index (χ0n) is 18.0. The smallest absolute Gasteiger partial charge is 0.297 e. The van der Waals surface area contributed by atoms with E-state index in [1.165, 1.54) is 11.3 Å². The Morgan fingerprint density at radius 3 is 2.59 bits per heavy atom. The van der Waals surface area contributed by atoms with E-state index in [0.717, 1.165) is 29.0 Å². The molecule has 0 saturated carbocycles. The standard InChI is InChI=1S/C25H22N2O4S/c1-4-11-30-17-8-6-16(7-9-17)21-20-22(28)18-12-14(2)5-10-19(18)31-23(20)24(29)27(21)25-26-15(3)13-32-25/h5-10,12-13,21H,4,11H2,1-3H3/t21-/m0/s1. The van der Waals surface area contributed by atoms with E-state index in [2.05, 4.69) is 11.9 Å². The molecule has 3 heterocycles. The van der Waals surface area contributed by atoms with E-state index in [-0.39, 0.29) is 17.1 Å². The summed E-state index contributed by atoms with van der Waals surface area (Å²) in [6.45, 7) is 6.48. The Balaban J connectivity index is 1.72. The van der Waals surface area contributed by atoms with Gasteiger partial charge in [0, 0.05) is 5.38 Å². The monoisotopic (exact) mass is 446 g/mol. The average Bonchev–Trinajstić information content (AvgIpc) is 3.34. The molecule has 1 amide bonds. The van der Waals surface area contributed by atoms with Gasteiger partial charge in [-0.05, 0) is 50.1 Å². The number of rotatable bonds is 5. The summed E-state index contributed by atoms with van der Waals surface area (Å²) in [6.07, 6.45) is 0.914. The Bertz CT molecular complexity index is 1390. The summed E-state index contributed by atoms with van der Waals surface area (Å²) in [7, 11) is 0. The predicted octanol–water partition coefficient (Wildman–Crippen LogP) is 5.40. The van der Waals surface area contributed by atoms with Crippen LogP contribution in [-0.4, -0.2) is 17.5 Å². The lowest BCUT2D eigenvalue weighted by Crippen LogP contribution is -2.29. The summed E-state index contributed by atoms with van der Waals surface area (Å²) in [5, 5.41) is 2.90. The molecular weight excluding hydrogens is 424 g/mol. The van der Waals surface area contributed by atoms with Crippen LogP contribution in [0.1, 0.15) is 52.3 Å². The molecule has 4 aromatic rings. The van der Waals surface area contributed by atoms with Gasteiger partial charge in [0.25, 0.3) is 5.91 Å². The third kappa shape index (κ3) is 3.29. The van der Waals surface area contributed by atoms with Gasteiger partial charge in [-0.15, -0.1) is 11.3 Å². The van der Waals surface area contributed by atoms with E-state index < -0.39 is 6.04 Å². The summed E-state index contributed by atoms with van der Waals surface area (Å²) in [5.74, 6) is 0.471. The van der Waals surface area contributed by atoms with Gasteiger partial charge in [0.1, 0.15) is 11.3 Å². The lowest BCUT2D eigenvalue weighted by molar-refractivity contribution is 0.0971. The van der Waals surface area contributed by atoms with Crippen molar-refractivity contribution in [1.29, 1.82) is 0 Å². The van der Waals surface area contributed by atoms with Crippen molar-refractivity contribution in [1.82, 2.24) is 4.98 Å². The molecule has 0 fully saturated rings. The number of nitrogens with zero attached hydrogens (tertiary/aromatic N) is 2. The number of thiazole rings is 1. The highest BCUT2D eigenvalue weighted by atomic mass is 32.1. The lowest BCUT2D eigenvalue weighted by atomic mass is 9.98. The fourth-order valence-electron chi connectivity index (χ4n) is 4.02. The van der Waals surface area contributed by atoms with Crippen molar-refractivity contribution in [3.63, 3.8) is 0 Å². The number of ether oxygens (including phenoxy) is 1. The number of benzene rings is 2. The van der Waals surface area contributed by atoms with Gasteiger partial charge >= 0.3 is 0 Å². The van der Waals surface area contributed by atoms with Gasteiger partial charge in [0.15, 0.2) is 10.6 Å². The van der Waals surface area contributed by atoms with Gasteiger partial charge in [-0.2, -0.15) is 0 Å². The topological polar surface area (TPSA) is 72.6 Å². The van der Waals surface area contributed by atoms with Gasteiger partial charge in [0.05, 0.1) is 29.3 Å². The molecule has 0 bridgehead atoms. The molecule has 1 aliphatic heterocycles. The van der Waals surface area contributed by atoms with Crippen molar-refractivity contribution in [2.75, 3.05) is 11.5 Å². The minimum atomic E-state index is -0.621. The molecule has 0 radical (unpaired) electrons. The largest absolute Gasteiger partial charge is 0.494 e. The molecule has 162 valence electrons. The van der Waals surface area contributed by atoms with Gasteiger partial charge in [-0.1, -0.05) is 30.7 Å². The van der Waals surface area contributed by atoms with Crippen LogP contribution in [0.3, 0.4) is 0 Å². The number of carbonyl (C=O) groups excluding carboxylic acids is 1. The SMILES string of the molecule is CCCOc1ccc([C@H]2c3c(oc4ccc(C)cc4c3=O)C(=O)N2c2nc(C)cs2)cc1. The second-order valence-electron chi connectivity index (χ2n) is 7.94. The molecule has 7 heteroatoms. The predicted molar refractivity (Wildman–Crippen MR) is 125 cm³/mol. The summed E-state index contributed by atoms with van der Waals surface area (Å²) in [5.41, 5.74) is 3.14. The number of amides is 1. The normalized spacial score (nSPS) is 15.4. The maximum absolute atomic E-state index is 13.6. The van der Waals surface area contributed by atoms with Crippen LogP contribution in [0.25, 0.3) is 11.0 Å². The number of aryl methyl sites for hydroxylation is 2. The Hall–Kier alpha value is -3.45. The Morgan fingerprint density at radius 1 is 1.12 bits per heavy atom. The number of anilines is 1. The van der Waals surface area contributed by atoms with Crippen LogP contribution >= 0.6 is 11.3 Å². The first-order valence-corrected chi connectivity index (χ1v) is 11.4. The molecule has 0 aliphatic carbocycles. The van der Waals surface area contributed by atoms with Crippen LogP contribution in [-0.2, 0) is 0 Å². The summed E-state index contributed by atoms with van der Waals surface area (Å²) in [6, 6.07) is 12.3. The molecule has 2 aromatic carbocycles. The Kier molecular flexibility index (Phi) is 5.06. The fourth-order valence-corrected chi connectivity index (χ4v) is 4.85. The van der Waals surface area contributed by atoms with Crippen LogP contribution in [0.2, 0.25) is 0 Å². The molecule has 2 aromatic heterocycles. The summed E-state index contributed by atoms with van der Waals surface area (Å²) < 4.78 is 11.7. The number of fused-ring (bicyclic) bond motifs is 2. The van der Waals surface area contributed by atoms with E-state index in [0.29, 0.717) is 28.3 Å². The highest BCUT2D eigenvalue weighted by Gasteiger charge is 2.44. The Morgan fingerprint density at radius 2 is 1.91 bits per heavy atom. The van der Waals surface area contributed by atoms with E-state index >= 15 is 0 Å². The highest BCUT2D eigenvalue weighted by Crippen LogP contribution is 2.42. The van der Waals surface area contributed by atoms with Crippen LogP contribution < -0.4 is 15.1 Å². The van der Waals surface area contributed by atoms with Crippen molar-refractivity contribution >= 4 is 33.3 Å². The third-order valence-electron chi connectivity index (χ3n) is 5.51. The molecule has 0 unspecified atom stereocenters. The summed E-state index contributed by atoms with van der Waals surface area (Å²) in [4.78, 5) is 33.2. The first kappa shape index (κ1) is 20.5. The third-order valence-corrected chi connectivity index (χ3v) is 6.47. The van der Waals surface area contributed by atoms with E-state index in [9.17, 15) is 9.59 Å². The molecule has 6 nitrogen and oxygen atoms in total. The minimum absolute atomic E-state index is 0.0792. The van der Waals surface area contributed by atoms with Crippen molar-refractivity contribution in [3.8, 4) is 5.75 Å². The highest BCUT2D eigenvalue weighted by molar-refractivity contribution is 7.14. The van der Waals surface area contributed by atoms with Crippen LogP contribution in [0.5, 0.6) is 5.75 Å². The van der Waals surface area contributed by atoms with Gasteiger partial charge in [-0.25, -0.2) is 4.98 Å². The van der Waals surface area contributed by atoms with Crippen molar-refractivity contribution in [3.05, 3.63) is 86.2 Å². The lowest BCUT2D eigenvalue weighted by Gasteiger charge is -2.22. The first-order chi connectivity index (χ1) is 15.5. The van der Waals surface area contributed by atoms with Crippen molar-refractivity contribution < 1.29 is 13.9 Å². The second-order valence-corrected chi connectivity index (χ2v) is 8.78. The zero-order valence-corrected chi connectivity index (χ0v) is 18.9. The molecule has 0 spiro atoms. The average molecular weight is 447 g/mol. The van der Waals surface area contributed by atoms with Gasteiger partial charge in [0.2, 0.25) is 5.76 Å². The molecule has 32 heavy (non-hydrogen) atoms. The zero-order chi connectivity index (χ0) is 22.4. The van der Waals surface area contributed by atoms with Crippen molar-refractivity contribution in [2.45, 2.75) is 33.2 Å². The van der Waals surface area contributed by atoms with E-state index in [1.807, 2.05) is 49.6 Å². The maximum atomic E-state index is 13.6. The number of carbonyl (C=O) groups is 1. The fraction of sp³-hybridized carbons (Fsp3) is 0.240. The molecule has 1 aliphatic rings. The van der Waals surface area contributed by atoms with Gasteiger partial charge in [-0.3, -0.25) is 14.5 Å². The number of hydrogen-bond acceptors (Lipinski definition) is 6. The first-order valence-electron chi connectivity index (χ1n) is 10.5. The minimum Gasteiger partial charge on any atom is -0.494 e. The number of hydrogen-bond donors (Lipinski definition) is 0. The molecule has 0 N–H and O–H groups in total. The maximum Gasteiger partial charge on any atom is 0.297 e. The molecule has 5 rings (SSSR count). The van der Waals surface area contributed by atoms with Crippen LogP contribution in [0.4, 0.5) is 5.13 Å². The molecule has 1 atom stereocenters. The molecular formula is C25H22N2O4S. The van der Waals surface area contributed by atoms with E-state index in [4.69, 9.17) is 9.15 Å². The Labute approximate surface area is 189 Å². The quantitative estimate of drug-likeness (QED) is 0.410. The van der Waals surface area contributed by atoms with Gasteiger partial charge < -0.3 is 9.15 Å². The van der Waals surface area contributed by atoms with E-state index in [1.54, 1.807) is 17.0 Å². The molecule has 0 saturated heterocycles.